The maximum absolute atomic E-state index is 14.1. The van der Waals surface area contributed by atoms with Crippen molar-refractivity contribution >= 4 is 11.7 Å². The Labute approximate surface area is 148 Å². The Kier molecular flexibility index (Phi) is 4.54. The number of amides is 1. The molecule has 0 aliphatic carbocycles. The predicted octanol–water partition coefficient (Wildman–Crippen LogP) is 2.92. The lowest BCUT2D eigenvalue weighted by Gasteiger charge is -2.37. The van der Waals surface area contributed by atoms with Crippen LogP contribution in [0, 0.1) is 5.82 Å². The summed E-state index contributed by atoms with van der Waals surface area (Å²) in [5.41, 5.74) is 1.60. The Morgan fingerprint density at radius 2 is 1.85 bits per heavy atom. The molecule has 6 nitrogen and oxygen atoms in total. The number of halogens is 6. The van der Waals surface area contributed by atoms with Crippen LogP contribution in [-0.2, 0) is 0 Å². The van der Waals surface area contributed by atoms with Gasteiger partial charge in [-0.2, -0.15) is 27.1 Å². The van der Waals surface area contributed by atoms with Crippen LogP contribution in [-0.4, -0.2) is 27.8 Å². The Morgan fingerprint density at radius 3 is 2.41 bits per heavy atom. The summed E-state index contributed by atoms with van der Waals surface area (Å²) in [5, 5.41) is 6.29. The van der Waals surface area contributed by atoms with Gasteiger partial charge >= 0.3 is 12.1 Å². The van der Waals surface area contributed by atoms with Crippen molar-refractivity contribution < 1.29 is 31.1 Å². The van der Waals surface area contributed by atoms with Gasteiger partial charge in [0.2, 0.25) is 0 Å². The van der Waals surface area contributed by atoms with Crippen LogP contribution >= 0.6 is 0 Å². The first-order valence-electron chi connectivity index (χ1n) is 7.61. The van der Waals surface area contributed by atoms with Crippen molar-refractivity contribution in [3.63, 3.8) is 0 Å². The van der Waals surface area contributed by atoms with Gasteiger partial charge in [-0.25, -0.2) is 14.9 Å². The number of nitrogens with zero attached hydrogens (tertiary/aromatic N) is 2. The van der Waals surface area contributed by atoms with Gasteiger partial charge in [-0.1, -0.05) is 12.1 Å². The number of anilines is 1. The molecule has 12 heteroatoms. The molecule has 0 saturated heterocycles. The fourth-order valence-electron chi connectivity index (χ4n) is 2.89. The molecule has 1 aromatic heterocycles. The van der Waals surface area contributed by atoms with E-state index < -0.39 is 48.0 Å². The van der Waals surface area contributed by atoms with Crippen LogP contribution < -0.4 is 16.6 Å². The van der Waals surface area contributed by atoms with Crippen molar-refractivity contribution in [2.45, 2.75) is 30.6 Å². The van der Waals surface area contributed by atoms with Crippen LogP contribution in [0.4, 0.5) is 32.2 Å². The van der Waals surface area contributed by atoms with Gasteiger partial charge in [0.15, 0.2) is 5.69 Å². The van der Waals surface area contributed by atoms with E-state index in [1.807, 2.05) is 0 Å². The second kappa shape index (κ2) is 6.44. The summed E-state index contributed by atoms with van der Waals surface area (Å²) in [7, 11) is 0. The lowest BCUT2D eigenvalue weighted by atomic mass is 9.93. The fourth-order valence-corrected chi connectivity index (χ4v) is 2.89. The molecule has 0 fully saturated rings. The smallest absolute Gasteiger partial charge is 0.363 e. The summed E-state index contributed by atoms with van der Waals surface area (Å²) in [4.78, 5) is 11.6. The molecule has 0 saturated carbocycles. The average molecular weight is 393 g/mol. The van der Waals surface area contributed by atoms with Gasteiger partial charge in [-0.05, 0) is 17.7 Å². The molecule has 2 aromatic rings. The number of hydrazine groups is 1. The van der Waals surface area contributed by atoms with Crippen molar-refractivity contribution in [2.75, 3.05) is 5.32 Å². The van der Waals surface area contributed by atoms with Gasteiger partial charge in [0.25, 0.3) is 5.91 Å². The SMILES string of the molecule is NNC(=O)c1cc2n(n1)[C@@H](C(F)(F)C(F)(F)F)C[C@H](c1ccc(F)cc1)N2. The molecule has 0 spiro atoms. The molecule has 0 unspecified atom stereocenters. The van der Waals surface area contributed by atoms with E-state index in [9.17, 15) is 31.1 Å². The first kappa shape index (κ1) is 19.0. The predicted molar refractivity (Wildman–Crippen MR) is 81.3 cm³/mol. The molecule has 3 rings (SSSR count). The zero-order chi connectivity index (χ0) is 20.0. The van der Waals surface area contributed by atoms with Crippen molar-refractivity contribution in [3.05, 3.63) is 47.4 Å². The summed E-state index contributed by atoms with van der Waals surface area (Å²) in [6.45, 7) is 0. The monoisotopic (exact) mass is 393 g/mol. The van der Waals surface area contributed by atoms with E-state index in [1.54, 1.807) is 5.43 Å². The molecule has 1 amide bonds. The highest BCUT2D eigenvalue weighted by atomic mass is 19.4. The number of nitrogens with one attached hydrogen (secondary N) is 2. The number of nitrogens with two attached hydrogens (primary N) is 1. The molecule has 1 aliphatic rings. The number of fused-ring (bicyclic) bond motifs is 1. The van der Waals surface area contributed by atoms with Gasteiger partial charge in [0.1, 0.15) is 17.7 Å². The summed E-state index contributed by atoms with van der Waals surface area (Å²) in [6.07, 6.45) is -6.53. The lowest BCUT2D eigenvalue weighted by Crippen LogP contribution is -2.47. The molecule has 1 aromatic carbocycles. The highest BCUT2D eigenvalue weighted by molar-refractivity contribution is 5.92. The second-order valence-electron chi connectivity index (χ2n) is 5.95. The van der Waals surface area contributed by atoms with E-state index in [0.29, 0.717) is 10.2 Å². The Balaban J connectivity index is 2.07. The zero-order valence-corrected chi connectivity index (χ0v) is 13.4. The minimum absolute atomic E-state index is 0.219. The van der Waals surface area contributed by atoms with Crippen molar-refractivity contribution in [2.24, 2.45) is 5.84 Å². The van der Waals surface area contributed by atoms with E-state index in [0.717, 1.165) is 18.2 Å². The number of carbonyl (C=O) groups excluding carboxylic acids is 1. The van der Waals surface area contributed by atoms with E-state index in [1.165, 1.54) is 12.1 Å². The van der Waals surface area contributed by atoms with Crippen LogP contribution in [0.2, 0.25) is 0 Å². The van der Waals surface area contributed by atoms with Crippen LogP contribution in [0.25, 0.3) is 0 Å². The first-order chi connectivity index (χ1) is 12.5. The number of rotatable bonds is 3. The molecule has 2 atom stereocenters. The van der Waals surface area contributed by atoms with Gasteiger partial charge in [0, 0.05) is 12.5 Å². The van der Waals surface area contributed by atoms with E-state index >= 15 is 0 Å². The standard InChI is InChI=1S/C15H13F6N5O/c16-8-3-1-7(2-4-8)9-5-11(14(17,18)15(19,20)21)26-12(23-9)6-10(25-26)13(27)24-22/h1-4,6,9,11,23H,5,22H2,(H,24,27)/t9-,11-/m1/s1. The van der Waals surface area contributed by atoms with Gasteiger partial charge in [-0.15, -0.1) is 0 Å². The van der Waals surface area contributed by atoms with E-state index in [4.69, 9.17) is 5.84 Å². The van der Waals surface area contributed by atoms with Crippen LogP contribution in [0.5, 0.6) is 0 Å². The molecule has 27 heavy (non-hydrogen) atoms. The highest BCUT2D eigenvalue weighted by Gasteiger charge is 2.64. The molecule has 2 heterocycles. The third-order valence-electron chi connectivity index (χ3n) is 4.24. The number of benzene rings is 1. The Hall–Kier alpha value is -2.76. The molecular formula is C15H13F6N5O. The van der Waals surface area contributed by atoms with Crippen LogP contribution in [0.3, 0.4) is 0 Å². The quantitative estimate of drug-likeness (QED) is 0.324. The number of nitrogen functional groups attached to an aromatic ring is 1. The molecule has 0 radical (unpaired) electrons. The van der Waals surface area contributed by atoms with E-state index in [-0.39, 0.29) is 5.82 Å². The maximum Gasteiger partial charge on any atom is 0.455 e. The Morgan fingerprint density at radius 1 is 1.22 bits per heavy atom. The summed E-state index contributed by atoms with van der Waals surface area (Å²) >= 11 is 0. The minimum Gasteiger partial charge on any atom is -0.363 e. The molecule has 0 bridgehead atoms. The summed E-state index contributed by atoms with van der Waals surface area (Å²) < 4.78 is 80.7. The van der Waals surface area contributed by atoms with Crippen LogP contribution in [0.1, 0.15) is 34.6 Å². The third kappa shape index (κ3) is 3.31. The maximum atomic E-state index is 14.1. The Bertz CT molecular complexity index is 847. The van der Waals surface area contributed by atoms with Gasteiger partial charge < -0.3 is 5.32 Å². The highest BCUT2D eigenvalue weighted by Crippen LogP contribution is 2.50. The summed E-state index contributed by atoms with van der Waals surface area (Å²) in [5.74, 6) is -1.93. The molecule has 1 aliphatic heterocycles. The van der Waals surface area contributed by atoms with Gasteiger partial charge in [-0.3, -0.25) is 10.2 Å². The largest absolute Gasteiger partial charge is 0.455 e. The normalized spacial score (nSPS) is 20.0. The van der Waals surface area contributed by atoms with E-state index in [2.05, 4.69) is 10.4 Å². The average Bonchev–Trinajstić information content (AvgIpc) is 3.03. The summed E-state index contributed by atoms with van der Waals surface area (Å²) in [6, 6.07) is 2.28. The topological polar surface area (TPSA) is 85.0 Å². The van der Waals surface area contributed by atoms with Crippen LogP contribution in [0.15, 0.2) is 30.3 Å². The zero-order valence-electron chi connectivity index (χ0n) is 13.4. The van der Waals surface area contributed by atoms with Gasteiger partial charge in [0.05, 0.1) is 6.04 Å². The molecular weight excluding hydrogens is 380 g/mol. The number of hydrogen-bond donors (Lipinski definition) is 3. The lowest BCUT2D eigenvalue weighted by molar-refractivity contribution is -0.301. The number of carbonyl (C=O) groups is 1. The minimum atomic E-state index is -5.83. The number of alkyl halides is 5. The van der Waals surface area contributed by atoms with Crippen molar-refractivity contribution in [3.8, 4) is 0 Å². The first-order valence-corrected chi connectivity index (χ1v) is 7.61. The van der Waals surface area contributed by atoms with Crippen molar-refractivity contribution in [1.82, 2.24) is 15.2 Å². The second-order valence-corrected chi connectivity index (χ2v) is 5.95. The number of aromatic nitrogens is 2. The molecule has 4 N–H and O–H groups in total. The number of hydrogen-bond acceptors (Lipinski definition) is 4. The fraction of sp³-hybridized carbons (Fsp3) is 0.333. The molecule has 146 valence electrons. The third-order valence-corrected chi connectivity index (χ3v) is 4.24. The van der Waals surface area contributed by atoms with Crippen molar-refractivity contribution in [1.29, 1.82) is 0 Å².